The first kappa shape index (κ1) is 19.7. The van der Waals surface area contributed by atoms with Gasteiger partial charge in [-0.25, -0.2) is 4.79 Å². The van der Waals surface area contributed by atoms with Gasteiger partial charge < -0.3 is 15.1 Å². The van der Waals surface area contributed by atoms with Gasteiger partial charge in [-0.15, -0.1) is 5.06 Å². The fourth-order valence-electron chi connectivity index (χ4n) is 2.85. The van der Waals surface area contributed by atoms with Crippen molar-refractivity contribution in [3.05, 3.63) is 60.2 Å². The zero-order valence-corrected chi connectivity index (χ0v) is 14.8. The number of nitrogens with one attached hydrogen (secondary N) is 1. The van der Waals surface area contributed by atoms with Gasteiger partial charge in [0.1, 0.15) is 0 Å². The van der Waals surface area contributed by atoms with Crippen LogP contribution in [-0.4, -0.2) is 49.3 Å². The number of anilines is 2. The number of carbonyl (C=O) groups excluding carboxylic acids is 2. The molecule has 3 rings (SSSR count). The molecule has 0 aliphatic carbocycles. The van der Waals surface area contributed by atoms with E-state index in [4.69, 9.17) is 0 Å². The van der Waals surface area contributed by atoms with Crippen LogP contribution in [0, 0.1) is 0 Å². The Balaban J connectivity index is 1.65. The second-order valence-electron chi connectivity index (χ2n) is 6.13. The molecule has 1 fully saturated rings. The van der Waals surface area contributed by atoms with E-state index in [0.29, 0.717) is 30.0 Å². The number of halogens is 3. The second kappa shape index (κ2) is 8.30. The maximum Gasteiger partial charge on any atom is 0.492 e. The lowest BCUT2D eigenvalue weighted by molar-refractivity contribution is -0.239. The Kier molecular flexibility index (Phi) is 5.84. The summed E-state index contributed by atoms with van der Waals surface area (Å²) in [7, 11) is 0. The topological polar surface area (TPSA) is 61.9 Å². The number of hydrogen-bond acceptors (Lipinski definition) is 5. The molecule has 0 atom stereocenters. The van der Waals surface area contributed by atoms with E-state index in [9.17, 15) is 22.8 Å². The fraction of sp³-hybridized carbons (Fsp3) is 0.263. The molecule has 0 aromatic heterocycles. The van der Waals surface area contributed by atoms with Crippen LogP contribution in [0.2, 0.25) is 0 Å². The lowest BCUT2D eigenvalue weighted by Gasteiger charge is -2.35. The van der Waals surface area contributed by atoms with Crippen molar-refractivity contribution in [1.82, 2.24) is 5.06 Å². The summed E-state index contributed by atoms with van der Waals surface area (Å²) in [6.45, 7) is 0.800. The maximum atomic E-state index is 12.7. The number of benzene rings is 2. The van der Waals surface area contributed by atoms with Crippen LogP contribution in [0.1, 0.15) is 10.4 Å². The van der Waals surface area contributed by atoms with Gasteiger partial charge in [0.05, 0.1) is 18.7 Å². The number of para-hydroxylation sites is 2. The van der Waals surface area contributed by atoms with E-state index in [1.165, 1.54) is 0 Å². The summed E-state index contributed by atoms with van der Waals surface area (Å²) in [5.74, 6) is -2.52. The SMILES string of the molecule is O=C(Nc1ccccc1)c1ccccc1N1CCN(OC(=O)C(F)(F)F)CC1. The minimum Gasteiger partial charge on any atom is -0.368 e. The average Bonchev–Trinajstić information content (AvgIpc) is 2.68. The molecule has 1 heterocycles. The summed E-state index contributed by atoms with van der Waals surface area (Å²) in [5, 5.41) is 3.80. The molecular weight excluding hydrogens is 375 g/mol. The van der Waals surface area contributed by atoms with Gasteiger partial charge in [0, 0.05) is 24.5 Å². The predicted octanol–water partition coefficient (Wildman–Crippen LogP) is 3.08. The fourth-order valence-corrected chi connectivity index (χ4v) is 2.85. The van der Waals surface area contributed by atoms with Crippen LogP contribution < -0.4 is 10.2 Å². The van der Waals surface area contributed by atoms with Crippen LogP contribution in [0.5, 0.6) is 0 Å². The monoisotopic (exact) mass is 393 g/mol. The van der Waals surface area contributed by atoms with Crippen molar-refractivity contribution >= 4 is 23.3 Å². The summed E-state index contributed by atoms with van der Waals surface area (Å²) >= 11 is 0. The first-order valence-electron chi connectivity index (χ1n) is 8.59. The Labute approximate surface area is 159 Å². The Hall–Kier alpha value is -3.07. The van der Waals surface area contributed by atoms with Gasteiger partial charge in [0.2, 0.25) is 0 Å². The standard InChI is InChI=1S/C19H18F3N3O3/c20-19(21,22)18(27)28-25-12-10-24(11-13-25)16-9-5-4-8-15(16)17(26)23-14-6-2-1-3-7-14/h1-9H,10-13H2,(H,23,26). The van der Waals surface area contributed by atoms with E-state index in [0.717, 1.165) is 5.06 Å². The Morgan fingerprint density at radius 2 is 1.50 bits per heavy atom. The van der Waals surface area contributed by atoms with Crippen molar-refractivity contribution in [2.75, 3.05) is 36.4 Å². The smallest absolute Gasteiger partial charge is 0.368 e. The summed E-state index contributed by atoms with van der Waals surface area (Å²) in [6.07, 6.45) is -5.03. The van der Waals surface area contributed by atoms with Crippen LogP contribution in [0.4, 0.5) is 24.5 Å². The van der Waals surface area contributed by atoms with Crippen LogP contribution in [0.15, 0.2) is 54.6 Å². The van der Waals surface area contributed by atoms with E-state index >= 15 is 0 Å². The Morgan fingerprint density at radius 3 is 2.14 bits per heavy atom. The van der Waals surface area contributed by atoms with E-state index in [-0.39, 0.29) is 19.0 Å². The molecule has 1 N–H and O–H groups in total. The molecule has 1 aliphatic heterocycles. The van der Waals surface area contributed by atoms with Crippen molar-refractivity contribution in [3.8, 4) is 0 Å². The molecule has 28 heavy (non-hydrogen) atoms. The number of nitrogens with zero attached hydrogens (tertiary/aromatic N) is 2. The molecule has 0 saturated carbocycles. The summed E-state index contributed by atoms with van der Waals surface area (Å²) in [6, 6.07) is 16.0. The normalized spacial score (nSPS) is 15.2. The minimum absolute atomic E-state index is 0.0937. The van der Waals surface area contributed by atoms with Gasteiger partial charge in [-0.3, -0.25) is 4.79 Å². The number of hydroxylamine groups is 2. The van der Waals surface area contributed by atoms with E-state index in [1.807, 2.05) is 23.1 Å². The molecule has 6 nitrogen and oxygen atoms in total. The van der Waals surface area contributed by atoms with Gasteiger partial charge in [0.15, 0.2) is 0 Å². The second-order valence-corrected chi connectivity index (χ2v) is 6.13. The molecule has 2 aromatic rings. The molecule has 0 unspecified atom stereocenters. The summed E-state index contributed by atoms with van der Waals surface area (Å²) in [5.41, 5.74) is 1.77. The molecule has 0 radical (unpaired) electrons. The highest BCUT2D eigenvalue weighted by Gasteiger charge is 2.43. The first-order chi connectivity index (χ1) is 13.3. The molecule has 9 heteroatoms. The molecule has 1 saturated heterocycles. The minimum atomic E-state index is -5.03. The number of piperazine rings is 1. The highest BCUT2D eigenvalue weighted by molar-refractivity contribution is 6.08. The van der Waals surface area contributed by atoms with Gasteiger partial charge in [0.25, 0.3) is 5.91 Å². The number of carbonyl (C=O) groups is 2. The molecule has 148 valence electrons. The van der Waals surface area contributed by atoms with Crippen LogP contribution in [0.3, 0.4) is 0 Å². The van der Waals surface area contributed by atoms with Crippen LogP contribution >= 0.6 is 0 Å². The molecule has 0 bridgehead atoms. The Bertz CT molecular complexity index is 835. The van der Waals surface area contributed by atoms with Gasteiger partial charge in [-0.1, -0.05) is 30.3 Å². The third kappa shape index (κ3) is 4.80. The van der Waals surface area contributed by atoms with Crippen molar-refractivity contribution in [2.24, 2.45) is 0 Å². The molecular formula is C19H18F3N3O3. The lowest BCUT2D eigenvalue weighted by Crippen LogP contribution is -2.48. The number of rotatable bonds is 4. The Morgan fingerprint density at radius 1 is 0.893 bits per heavy atom. The predicted molar refractivity (Wildman–Crippen MR) is 96.8 cm³/mol. The van der Waals surface area contributed by atoms with Gasteiger partial charge in [-0.05, 0) is 24.3 Å². The zero-order valence-electron chi connectivity index (χ0n) is 14.8. The van der Waals surface area contributed by atoms with E-state index in [2.05, 4.69) is 10.2 Å². The molecule has 2 aromatic carbocycles. The van der Waals surface area contributed by atoms with Crippen LogP contribution in [-0.2, 0) is 9.63 Å². The van der Waals surface area contributed by atoms with Crippen molar-refractivity contribution in [1.29, 1.82) is 0 Å². The highest BCUT2D eigenvalue weighted by atomic mass is 19.4. The first-order valence-corrected chi connectivity index (χ1v) is 8.59. The van der Waals surface area contributed by atoms with Crippen molar-refractivity contribution < 1.29 is 27.6 Å². The lowest BCUT2D eigenvalue weighted by atomic mass is 10.1. The summed E-state index contributed by atoms with van der Waals surface area (Å²) < 4.78 is 36.9. The molecule has 0 spiro atoms. The summed E-state index contributed by atoms with van der Waals surface area (Å²) in [4.78, 5) is 29.8. The molecule has 1 amide bonds. The third-order valence-corrected chi connectivity index (χ3v) is 4.20. The average molecular weight is 393 g/mol. The number of hydrogen-bond donors (Lipinski definition) is 1. The maximum absolute atomic E-state index is 12.7. The largest absolute Gasteiger partial charge is 0.492 e. The van der Waals surface area contributed by atoms with Crippen molar-refractivity contribution in [2.45, 2.75) is 6.18 Å². The molecule has 1 aliphatic rings. The van der Waals surface area contributed by atoms with Crippen molar-refractivity contribution in [3.63, 3.8) is 0 Å². The van der Waals surface area contributed by atoms with E-state index in [1.54, 1.807) is 36.4 Å². The highest BCUT2D eigenvalue weighted by Crippen LogP contribution is 2.24. The third-order valence-electron chi connectivity index (χ3n) is 4.20. The quantitative estimate of drug-likeness (QED) is 0.865. The van der Waals surface area contributed by atoms with Gasteiger partial charge >= 0.3 is 12.1 Å². The van der Waals surface area contributed by atoms with E-state index < -0.39 is 12.1 Å². The number of amides is 1. The number of alkyl halides is 3. The van der Waals surface area contributed by atoms with Crippen LogP contribution in [0.25, 0.3) is 0 Å². The van der Waals surface area contributed by atoms with Gasteiger partial charge in [-0.2, -0.15) is 13.2 Å². The zero-order chi connectivity index (χ0) is 20.1.